The van der Waals surface area contributed by atoms with Crippen molar-refractivity contribution in [3.8, 4) is 0 Å². The zero-order chi connectivity index (χ0) is 19.3. The third kappa shape index (κ3) is 7.48. The lowest BCUT2D eigenvalue weighted by atomic mass is 10.1. The summed E-state index contributed by atoms with van der Waals surface area (Å²) in [6, 6.07) is 10.2. The zero-order valence-electron chi connectivity index (χ0n) is 16.8. The van der Waals surface area contributed by atoms with Crippen molar-refractivity contribution in [2.75, 3.05) is 0 Å². The van der Waals surface area contributed by atoms with Crippen LogP contribution in [0.2, 0.25) is 37.8 Å². The topological polar surface area (TPSA) is 30.8 Å². The van der Waals surface area contributed by atoms with E-state index in [-0.39, 0.29) is 11.1 Å². The lowest BCUT2D eigenvalue weighted by molar-refractivity contribution is 0.250. The SMILES string of the molecule is CC(C)(C)[Si](C)(C)O[C@H](/C=N/C(=C/Cl)O[Si](C)(C)C)c1ccccc1. The molecule has 0 unspecified atom stereocenters. The molecule has 3 nitrogen and oxygen atoms in total. The third-order valence-corrected chi connectivity index (χ3v) is 9.66. The summed E-state index contributed by atoms with van der Waals surface area (Å²) in [6.07, 6.45) is 1.59. The van der Waals surface area contributed by atoms with Crippen LogP contribution < -0.4 is 0 Å². The fraction of sp³-hybridized carbons (Fsp3) is 0.526. The van der Waals surface area contributed by atoms with Crippen LogP contribution in [0.25, 0.3) is 0 Å². The van der Waals surface area contributed by atoms with Gasteiger partial charge < -0.3 is 8.85 Å². The second-order valence-corrected chi connectivity index (χ2v) is 18.1. The maximum absolute atomic E-state index is 6.59. The van der Waals surface area contributed by atoms with Crippen LogP contribution >= 0.6 is 11.6 Å². The first-order valence-electron chi connectivity index (χ1n) is 8.62. The highest BCUT2D eigenvalue weighted by Crippen LogP contribution is 2.39. The molecule has 1 rings (SSSR count). The van der Waals surface area contributed by atoms with Gasteiger partial charge in [0.2, 0.25) is 14.2 Å². The number of hydrogen-bond donors (Lipinski definition) is 0. The Kier molecular flexibility index (Phi) is 7.68. The molecule has 0 amide bonds. The predicted molar refractivity (Wildman–Crippen MR) is 114 cm³/mol. The number of nitrogens with zero attached hydrogens (tertiary/aromatic N) is 1. The molecular weight excluding hydrogens is 366 g/mol. The fourth-order valence-electron chi connectivity index (χ4n) is 1.85. The van der Waals surface area contributed by atoms with Crippen molar-refractivity contribution in [1.29, 1.82) is 0 Å². The molecule has 25 heavy (non-hydrogen) atoms. The molecule has 1 aromatic carbocycles. The van der Waals surface area contributed by atoms with Crippen molar-refractivity contribution in [1.82, 2.24) is 0 Å². The van der Waals surface area contributed by atoms with Gasteiger partial charge in [0.05, 0.1) is 5.54 Å². The van der Waals surface area contributed by atoms with Crippen LogP contribution in [0.1, 0.15) is 32.4 Å². The Morgan fingerprint density at radius 2 is 1.64 bits per heavy atom. The van der Waals surface area contributed by atoms with E-state index in [1.807, 2.05) is 24.4 Å². The number of aliphatic imine (C=N–C) groups is 1. The molecule has 1 atom stereocenters. The van der Waals surface area contributed by atoms with E-state index in [0.717, 1.165) is 5.56 Å². The van der Waals surface area contributed by atoms with Crippen molar-refractivity contribution in [2.24, 2.45) is 4.99 Å². The highest BCUT2D eigenvalue weighted by Gasteiger charge is 2.39. The molecule has 6 heteroatoms. The molecule has 0 radical (unpaired) electrons. The van der Waals surface area contributed by atoms with Crippen LogP contribution in [0.5, 0.6) is 0 Å². The van der Waals surface area contributed by atoms with E-state index in [4.69, 9.17) is 20.5 Å². The largest absolute Gasteiger partial charge is 0.531 e. The number of benzene rings is 1. The van der Waals surface area contributed by atoms with E-state index in [9.17, 15) is 0 Å². The average Bonchev–Trinajstić information content (AvgIpc) is 2.48. The first kappa shape index (κ1) is 22.2. The summed E-state index contributed by atoms with van der Waals surface area (Å²) in [7, 11) is -3.72. The molecule has 0 heterocycles. The normalized spacial score (nSPS) is 15.5. The summed E-state index contributed by atoms with van der Waals surface area (Å²) in [4.78, 5) is 4.48. The third-order valence-electron chi connectivity index (χ3n) is 4.20. The smallest absolute Gasteiger partial charge is 0.244 e. The van der Waals surface area contributed by atoms with Crippen molar-refractivity contribution in [2.45, 2.75) is 64.6 Å². The highest BCUT2D eigenvalue weighted by molar-refractivity contribution is 6.74. The maximum Gasteiger partial charge on any atom is 0.244 e. The second-order valence-electron chi connectivity index (χ2n) is 8.65. The van der Waals surface area contributed by atoms with Crippen molar-refractivity contribution in [3.63, 3.8) is 0 Å². The van der Waals surface area contributed by atoms with Gasteiger partial charge in [-0.1, -0.05) is 62.7 Å². The molecule has 0 aliphatic rings. The molecule has 0 spiro atoms. The Hall–Kier alpha value is -0.886. The van der Waals surface area contributed by atoms with E-state index in [2.05, 4.69) is 70.6 Å². The quantitative estimate of drug-likeness (QED) is 0.290. The van der Waals surface area contributed by atoms with Crippen LogP contribution in [0.4, 0.5) is 0 Å². The highest BCUT2D eigenvalue weighted by atomic mass is 35.5. The van der Waals surface area contributed by atoms with Gasteiger partial charge in [-0.15, -0.1) is 0 Å². The van der Waals surface area contributed by atoms with Crippen molar-refractivity contribution >= 4 is 34.5 Å². The summed E-state index contributed by atoms with van der Waals surface area (Å²) in [6.45, 7) is 17.5. The lowest BCUT2D eigenvalue weighted by Gasteiger charge is -2.38. The van der Waals surface area contributed by atoms with Crippen molar-refractivity contribution in [3.05, 3.63) is 47.3 Å². The Labute approximate surface area is 160 Å². The summed E-state index contributed by atoms with van der Waals surface area (Å²) < 4.78 is 12.5. The first-order chi connectivity index (χ1) is 11.4. The first-order valence-corrected chi connectivity index (χ1v) is 15.4. The van der Waals surface area contributed by atoms with Gasteiger partial charge in [0.1, 0.15) is 6.10 Å². The van der Waals surface area contributed by atoms with Gasteiger partial charge in [0.15, 0.2) is 8.32 Å². The van der Waals surface area contributed by atoms with E-state index in [1.54, 1.807) is 0 Å². The monoisotopic (exact) mass is 397 g/mol. The Morgan fingerprint density at radius 3 is 2.08 bits per heavy atom. The molecule has 0 N–H and O–H groups in total. The minimum Gasteiger partial charge on any atom is -0.531 e. The van der Waals surface area contributed by atoms with Gasteiger partial charge in [0.25, 0.3) is 0 Å². The summed E-state index contributed by atoms with van der Waals surface area (Å²) >= 11 is 5.90. The minimum atomic E-state index is -1.96. The van der Waals surface area contributed by atoms with Crippen LogP contribution in [0.3, 0.4) is 0 Å². The molecule has 0 aliphatic heterocycles. The maximum atomic E-state index is 6.59. The molecule has 0 saturated carbocycles. The Morgan fingerprint density at radius 1 is 1.08 bits per heavy atom. The minimum absolute atomic E-state index is 0.119. The van der Waals surface area contributed by atoms with E-state index < -0.39 is 16.6 Å². The van der Waals surface area contributed by atoms with Crippen LogP contribution in [0.15, 0.2) is 46.7 Å². The van der Waals surface area contributed by atoms with E-state index in [1.165, 1.54) is 5.54 Å². The molecule has 0 fully saturated rings. The average molecular weight is 398 g/mol. The second kappa shape index (κ2) is 8.67. The molecule has 1 aromatic rings. The van der Waals surface area contributed by atoms with Crippen LogP contribution in [-0.4, -0.2) is 22.8 Å². The molecular formula is C19H32ClNO2Si2. The molecule has 0 aromatic heterocycles. The standard InChI is InChI=1S/C19H32ClNO2Si2/c1-19(2,3)25(7,8)22-17(16-12-10-9-11-13-16)15-21-18(14-20)23-24(4,5)6/h9-15,17H,1-8H3/b18-14-,21-15+/t17-/m1/s1. The van der Waals surface area contributed by atoms with Gasteiger partial charge >= 0.3 is 0 Å². The Bertz CT molecular complexity index is 602. The van der Waals surface area contributed by atoms with Crippen LogP contribution in [0, 0.1) is 0 Å². The summed E-state index contributed by atoms with van der Waals surface area (Å²) in [5, 5.41) is 0.119. The van der Waals surface area contributed by atoms with Gasteiger partial charge in [-0.3, -0.25) is 0 Å². The summed E-state index contributed by atoms with van der Waals surface area (Å²) in [5.41, 5.74) is 2.47. The molecule has 0 bridgehead atoms. The van der Waals surface area contributed by atoms with Gasteiger partial charge in [-0.2, -0.15) is 0 Å². The predicted octanol–water partition coefficient (Wildman–Crippen LogP) is 6.71. The Balaban J connectivity index is 3.10. The van der Waals surface area contributed by atoms with Gasteiger partial charge in [0, 0.05) is 6.21 Å². The van der Waals surface area contributed by atoms with Gasteiger partial charge in [-0.05, 0) is 43.3 Å². The van der Waals surface area contributed by atoms with Gasteiger partial charge in [-0.25, -0.2) is 4.99 Å². The number of hydrogen-bond acceptors (Lipinski definition) is 3. The number of halogens is 1. The number of rotatable bonds is 7. The fourth-order valence-corrected chi connectivity index (χ4v) is 3.95. The van der Waals surface area contributed by atoms with E-state index in [0.29, 0.717) is 5.88 Å². The van der Waals surface area contributed by atoms with Crippen LogP contribution in [-0.2, 0) is 8.85 Å². The van der Waals surface area contributed by atoms with E-state index >= 15 is 0 Å². The molecule has 0 saturated heterocycles. The van der Waals surface area contributed by atoms with Crippen molar-refractivity contribution < 1.29 is 8.85 Å². The molecule has 0 aliphatic carbocycles. The summed E-state index contributed by atoms with van der Waals surface area (Å²) in [5.74, 6) is 0.445. The lowest BCUT2D eigenvalue weighted by Crippen LogP contribution is -2.42. The molecule has 140 valence electrons. The zero-order valence-corrected chi connectivity index (χ0v) is 19.5.